The second-order valence-corrected chi connectivity index (χ2v) is 4.16. The van der Waals surface area contributed by atoms with Crippen LogP contribution in [0, 0.1) is 11.6 Å². The molecule has 2 nitrogen and oxygen atoms in total. The highest BCUT2D eigenvalue weighted by atomic mass is 19.1. The van der Waals surface area contributed by atoms with E-state index in [2.05, 4.69) is 0 Å². The Morgan fingerprint density at radius 1 is 0.722 bits per heavy atom. The van der Waals surface area contributed by atoms with Crippen molar-refractivity contribution in [2.45, 2.75) is 12.1 Å². The average molecular weight is 248 g/mol. The fourth-order valence-corrected chi connectivity index (χ4v) is 1.84. The Labute approximate surface area is 104 Å². The third-order valence-electron chi connectivity index (χ3n) is 2.85. The van der Waals surface area contributed by atoms with Crippen LogP contribution in [0.15, 0.2) is 48.5 Å². The standard InChI is InChI=1S/C14H14F2N2/c15-11-5-1-3-9(7-11)13(17)14(18)10-4-2-6-12(16)8-10/h1-8,13-14H,17-18H2/t13-,14+. The molecule has 0 saturated heterocycles. The van der Waals surface area contributed by atoms with Crippen molar-refractivity contribution in [1.82, 2.24) is 0 Å². The highest BCUT2D eigenvalue weighted by Gasteiger charge is 2.18. The van der Waals surface area contributed by atoms with E-state index in [1.165, 1.54) is 24.3 Å². The molecule has 0 bridgehead atoms. The molecule has 4 heteroatoms. The molecule has 0 heterocycles. The lowest BCUT2D eigenvalue weighted by Gasteiger charge is -2.20. The summed E-state index contributed by atoms with van der Waals surface area (Å²) in [7, 11) is 0. The van der Waals surface area contributed by atoms with Gasteiger partial charge in [0.2, 0.25) is 0 Å². The molecule has 0 radical (unpaired) electrons. The molecule has 0 amide bonds. The predicted octanol–water partition coefficient (Wildman–Crippen LogP) is 2.66. The van der Waals surface area contributed by atoms with E-state index >= 15 is 0 Å². The van der Waals surface area contributed by atoms with Gasteiger partial charge < -0.3 is 11.5 Å². The van der Waals surface area contributed by atoms with Gasteiger partial charge in [0.15, 0.2) is 0 Å². The monoisotopic (exact) mass is 248 g/mol. The van der Waals surface area contributed by atoms with E-state index in [9.17, 15) is 8.78 Å². The van der Waals surface area contributed by atoms with E-state index in [4.69, 9.17) is 11.5 Å². The summed E-state index contributed by atoms with van der Waals surface area (Å²) >= 11 is 0. The lowest BCUT2D eigenvalue weighted by Crippen LogP contribution is -2.26. The van der Waals surface area contributed by atoms with Crippen LogP contribution in [-0.2, 0) is 0 Å². The molecule has 0 saturated carbocycles. The smallest absolute Gasteiger partial charge is 0.123 e. The van der Waals surface area contributed by atoms with Crippen LogP contribution in [-0.4, -0.2) is 0 Å². The van der Waals surface area contributed by atoms with E-state index < -0.39 is 12.1 Å². The Balaban J connectivity index is 2.26. The van der Waals surface area contributed by atoms with Crippen molar-refractivity contribution in [3.63, 3.8) is 0 Å². The van der Waals surface area contributed by atoms with E-state index in [0.717, 1.165) is 0 Å². The van der Waals surface area contributed by atoms with E-state index in [1.807, 2.05) is 0 Å². The van der Waals surface area contributed by atoms with Gasteiger partial charge >= 0.3 is 0 Å². The zero-order valence-corrected chi connectivity index (χ0v) is 9.68. The third kappa shape index (κ3) is 2.72. The van der Waals surface area contributed by atoms with Crippen molar-refractivity contribution >= 4 is 0 Å². The largest absolute Gasteiger partial charge is 0.322 e. The summed E-state index contributed by atoms with van der Waals surface area (Å²) < 4.78 is 26.2. The Morgan fingerprint density at radius 3 is 1.44 bits per heavy atom. The summed E-state index contributed by atoms with van der Waals surface area (Å²) in [5.41, 5.74) is 13.1. The molecule has 0 aliphatic carbocycles. The molecule has 2 atom stereocenters. The maximum Gasteiger partial charge on any atom is 0.123 e. The van der Waals surface area contributed by atoms with Gasteiger partial charge in [0.25, 0.3) is 0 Å². The molecular formula is C14H14F2N2. The first-order valence-corrected chi connectivity index (χ1v) is 5.60. The summed E-state index contributed by atoms with van der Waals surface area (Å²) in [6, 6.07) is 10.7. The maximum absolute atomic E-state index is 13.1. The lowest BCUT2D eigenvalue weighted by atomic mass is 9.95. The van der Waals surface area contributed by atoms with Gasteiger partial charge in [-0.05, 0) is 35.4 Å². The van der Waals surface area contributed by atoms with Gasteiger partial charge in [-0.1, -0.05) is 24.3 Å². The van der Waals surface area contributed by atoms with E-state index in [1.54, 1.807) is 24.3 Å². The minimum absolute atomic E-state index is 0.366. The highest BCUT2D eigenvalue weighted by Crippen LogP contribution is 2.25. The normalized spacial score (nSPS) is 14.2. The van der Waals surface area contributed by atoms with Crippen molar-refractivity contribution in [2.75, 3.05) is 0 Å². The molecule has 2 aromatic rings. The molecule has 94 valence electrons. The minimum Gasteiger partial charge on any atom is -0.322 e. The van der Waals surface area contributed by atoms with Crippen LogP contribution in [0.5, 0.6) is 0 Å². The number of rotatable bonds is 3. The summed E-state index contributed by atoms with van der Waals surface area (Å²) in [6.07, 6.45) is 0. The zero-order chi connectivity index (χ0) is 13.1. The topological polar surface area (TPSA) is 52.0 Å². The molecule has 0 unspecified atom stereocenters. The second-order valence-electron chi connectivity index (χ2n) is 4.16. The van der Waals surface area contributed by atoms with Gasteiger partial charge in [-0.2, -0.15) is 0 Å². The van der Waals surface area contributed by atoms with Crippen molar-refractivity contribution in [2.24, 2.45) is 11.5 Å². The number of nitrogens with two attached hydrogens (primary N) is 2. The molecule has 0 aromatic heterocycles. The van der Waals surface area contributed by atoms with Crippen LogP contribution in [0.4, 0.5) is 8.78 Å². The van der Waals surface area contributed by atoms with Gasteiger partial charge in [0.1, 0.15) is 11.6 Å². The predicted molar refractivity (Wildman–Crippen MR) is 66.7 cm³/mol. The quantitative estimate of drug-likeness (QED) is 0.877. The van der Waals surface area contributed by atoms with Gasteiger partial charge in [-0.25, -0.2) is 8.78 Å². The highest BCUT2D eigenvalue weighted by molar-refractivity contribution is 5.27. The van der Waals surface area contributed by atoms with Gasteiger partial charge in [0.05, 0.1) is 0 Å². The third-order valence-corrected chi connectivity index (χ3v) is 2.85. The van der Waals surface area contributed by atoms with Crippen LogP contribution < -0.4 is 11.5 Å². The van der Waals surface area contributed by atoms with Crippen LogP contribution in [0.1, 0.15) is 23.2 Å². The first-order valence-electron chi connectivity index (χ1n) is 5.60. The van der Waals surface area contributed by atoms with Crippen LogP contribution >= 0.6 is 0 Å². The first-order chi connectivity index (χ1) is 8.58. The van der Waals surface area contributed by atoms with Crippen LogP contribution in [0.3, 0.4) is 0 Å². The zero-order valence-electron chi connectivity index (χ0n) is 9.68. The Morgan fingerprint density at radius 2 is 1.11 bits per heavy atom. The SMILES string of the molecule is N[C@H](c1cccc(F)c1)[C@@H](N)c1cccc(F)c1. The summed E-state index contributed by atoms with van der Waals surface area (Å²) in [5.74, 6) is -0.733. The minimum atomic E-state index is -0.581. The van der Waals surface area contributed by atoms with Crippen molar-refractivity contribution in [3.05, 3.63) is 71.3 Å². The van der Waals surface area contributed by atoms with Crippen LogP contribution in [0.2, 0.25) is 0 Å². The van der Waals surface area contributed by atoms with E-state index in [-0.39, 0.29) is 11.6 Å². The molecule has 18 heavy (non-hydrogen) atoms. The average Bonchev–Trinajstić information content (AvgIpc) is 2.37. The molecule has 4 N–H and O–H groups in total. The summed E-state index contributed by atoms with van der Waals surface area (Å²) in [5, 5.41) is 0. The second kappa shape index (κ2) is 5.25. The molecule has 2 aromatic carbocycles. The van der Waals surface area contributed by atoms with Crippen molar-refractivity contribution in [1.29, 1.82) is 0 Å². The molecular weight excluding hydrogens is 234 g/mol. The molecule has 2 rings (SSSR count). The molecule has 0 spiro atoms. The van der Waals surface area contributed by atoms with Gasteiger partial charge in [-0.15, -0.1) is 0 Å². The lowest BCUT2D eigenvalue weighted by molar-refractivity contribution is 0.557. The van der Waals surface area contributed by atoms with Gasteiger partial charge in [0, 0.05) is 12.1 Å². The first kappa shape index (κ1) is 12.7. The number of benzene rings is 2. The fraction of sp³-hybridized carbons (Fsp3) is 0.143. The molecule has 0 aliphatic rings. The summed E-state index contributed by atoms with van der Waals surface area (Å²) in [6.45, 7) is 0. The van der Waals surface area contributed by atoms with Crippen LogP contribution in [0.25, 0.3) is 0 Å². The number of hydrogen-bond acceptors (Lipinski definition) is 2. The van der Waals surface area contributed by atoms with Crippen molar-refractivity contribution in [3.8, 4) is 0 Å². The molecule has 0 aliphatic heterocycles. The Bertz CT molecular complexity index is 493. The summed E-state index contributed by atoms with van der Waals surface area (Å²) in [4.78, 5) is 0. The van der Waals surface area contributed by atoms with Crippen molar-refractivity contribution < 1.29 is 8.78 Å². The number of halogens is 2. The Kier molecular flexibility index (Phi) is 3.69. The fourth-order valence-electron chi connectivity index (χ4n) is 1.84. The van der Waals surface area contributed by atoms with E-state index in [0.29, 0.717) is 11.1 Å². The maximum atomic E-state index is 13.1. The number of hydrogen-bond donors (Lipinski definition) is 2. The Hall–Kier alpha value is -1.78. The van der Waals surface area contributed by atoms with Gasteiger partial charge in [-0.3, -0.25) is 0 Å². The molecule has 0 fully saturated rings.